The number of guanidine groups is 1. The Labute approximate surface area is 162 Å². The van der Waals surface area contributed by atoms with Crippen molar-refractivity contribution in [2.45, 2.75) is 39.7 Å². The molecule has 7 nitrogen and oxygen atoms in total. The predicted molar refractivity (Wildman–Crippen MR) is 109 cm³/mol. The number of hydrogen-bond acceptors (Lipinski definition) is 4. The van der Waals surface area contributed by atoms with Crippen LogP contribution in [0.5, 0.6) is 0 Å². The number of primary amides is 1. The summed E-state index contributed by atoms with van der Waals surface area (Å²) in [4.78, 5) is 25.2. The number of carbonyl (C=O) groups is 1. The van der Waals surface area contributed by atoms with E-state index in [4.69, 9.17) is 5.73 Å². The zero-order valence-electron chi connectivity index (χ0n) is 16.7. The van der Waals surface area contributed by atoms with Gasteiger partial charge in [-0.2, -0.15) is 0 Å². The smallest absolute Gasteiger partial charge is 0.222 e. The highest BCUT2D eigenvalue weighted by atomic mass is 16.1. The van der Waals surface area contributed by atoms with Crippen molar-refractivity contribution in [3.05, 3.63) is 23.9 Å². The molecular weight excluding hydrogens is 340 g/mol. The Bertz CT molecular complexity index is 701. The number of nitrogens with one attached hydrogen (secondary N) is 1. The zero-order valence-corrected chi connectivity index (χ0v) is 16.7. The fourth-order valence-electron chi connectivity index (χ4n) is 4.05. The van der Waals surface area contributed by atoms with Gasteiger partial charge in [-0.3, -0.25) is 9.79 Å². The van der Waals surface area contributed by atoms with E-state index in [0.717, 1.165) is 49.8 Å². The number of anilines is 1. The van der Waals surface area contributed by atoms with Gasteiger partial charge in [0.1, 0.15) is 5.82 Å². The minimum absolute atomic E-state index is 0.0961. The number of piperidine rings is 1. The minimum atomic E-state index is -0.215. The Kier molecular flexibility index (Phi) is 5.87. The standard InChI is InChI=1S/C20H32N6O/c1-20(2)8-11-26(14-20)19(22-3)24-12-15-6-4-9-23-18(15)25-10-5-7-16(13-25)17(21)27/h4,6,9,16H,5,7-8,10-14H2,1-3H3,(H2,21,27)(H,22,24). The van der Waals surface area contributed by atoms with Crippen LogP contribution in [0.15, 0.2) is 23.3 Å². The summed E-state index contributed by atoms with van der Waals surface area (Å²) in [6.07, 6.45) is 4.81. The second-order valence-corrected chi connectivity index (χ2v) is 8.41. The monoisotopic (exact) mass is 372 g/mol. The van der Waals surface area contributed by atoms with Crippen LogP contribution in [0.3, 0.4) is 0 Å². The molecule has 3 N–H and O–H groups in total. The van der Waals surface area contributed by atoms with E-state index in [0.29, 0.717) is 18.5 Å². The molecule has 27 heavy (non-hydrogen) atoms. The van der Waals surface area contributed by atoms with E-state index in [9.17, 15) is 4.79 Å². The number of nitrogens with zero attached hydrogens (tertiary/aromatic N) is 4. The number of aromatic nitrogens is 1. The van der Waals surface area contributed by atoms with Crippen molar-refractivity contribution < 1.29 is 4.79 Å². The molecule has 0 bridgehead atoms. The van der Waals surface area contributed by atoms with Gasteiger partial charge in [0.05, 0.1) is 5.92 Å². The average molecular weight is 373 g/mol. The molecule has 2 saturated heterocycles. The Hall–Kier alpha value is -2.31. The average Bonchev–Trinajstić information content (AvgIpc) is 3.02. The fourth-order valence-corrected chi connectivity index (χ4v) is 4.05. The largest absolute Gasteiger partial charge is 0.369 e. The van der Waals surface area contributed by atoms with E-state index < -0.39 is 0 Å². The summed E-state index contributed by atoms with van der Waals surface area (Å²) in [5.41, 5.74) is 6.98. The van der Waals surface area contributed by atoms with Gasteiger partial charge in [-0.1, -0.05) is 19.9 Å². The Morgan fingerprint density at radius 1 is 1.44 bits per heavy atom. The Morgan fingerprint density at radius 3 is 2.93 bits per heavy atom. The molecule has 2 aliphatic rings. The normalized spacial score (nSPS) is 22.8. The highest BCUT2D eigenvalue weighted by molar-refractivity contribution is 5.80. The Morgan fingerprint density at radius 2 is 2.26 bits per heavy atom. The lowest BCUT2D eigenvalue weighted by Gasteiger charge is -2.33. The van der Waals surface area contributed by atoms with Crippen molar-refractivity contribution in [3.8, 4) is 0 Å². The summed E-state index contributed by atoms with van der Waals surface area (Å²) in [5.74, 6) is 1.56. The summed E-state index contributed by atoms with van der Waals surface area (Å²) in [5, 5.41) is 3.50. The first-order chi connectivity index (χ1) is 12.9. The number of amides is 1. The van der Waals surface area contributed by atoms with Crippen molar-refractivity contribution in [2.75, 3.05) is 38.1 Å². The van der Waals surface area contributed by atoms with Gasteiger partial charge in [-0.15, -0.1) is 0 Å². The van der Waals surface area contributed by atoms with Crippen LogP contribution in [-0.2, 0) is 11.3 Å². The van der Waals surface area contributed by atoms with Crippen LogP contribution in [0.2, 0.25) is 0 Å². The van der Waals surface area contributed by atoms with Gasteiger partial charge in [-0.25, -0.2) is 4.98 Å². The van der Waals surface area contributed by atoms with Crippen LogP contribution < -0.4 is 16.0 Å². The van der Waals surface area contributed by atoms with Crippen LogP contribution in [-0.4, -0.2) is 55.0 Å². The summed E-state index contributed by atoms with van der Waals surface area (Å²) in [7, 11) is 1.83. The lowest BCUT2D eigenvalue weighted by Crippen LogP contribution is -2.43. The van der Waals surface area contributed by atoms with Gasteiger partial charge in [0.25, 0.3) is 0 Å². The molecule has 148 valence electrons. The highest BCUT2D eigenvalue weighted by Crippen LogP contribution is 2.29. The van der Waals surface area contributed by atoms with Crippen LogP contribution in [0.4, 0.5) is 5.82 Å². The number of nitrogens with two attached hydrogens (primary N) is 1. The molecule has 1 unspecified atom stereocenters. The lowest BCUT2D eigenvalue weighted by molar-refractivity contribution is -0.122. The summed E-state index contributed by atoms with van der Waals surface area (Å²) in [6, 6.07) is 4.04. The maximum absolute atomic E-state index is 11.6. The van der Waals surface area contributed by atoms with Gasteiger partial charge in [-0.05, 0) is 30.7 Å². The molecule has 3 heterocycles. The molecule has 1 aromatic heterocycles. The Balaban J connectivity index is 1.68. The van der Waals surface area contributed by atoms with Crippen molar-refractivity contribution >= 4 is 17.7 Å². The van der Waals surface area contributed by atoms with E-state index in [1.165, 1.54) is 6.42 Å². The quantitative estimate of drug-likeness (QED) is 0.619. The van der Waals surface area contributed by atoms with Gasteiger partial charge >= 0.3 is 0 Å². The molecule has 0 spiro atoms. The second-order valence-electron chi connectivity index (χ2n) is 8.41. The van der Waals surface area contributed by atoms with Gasteiger partial charge < -0.3 is 20.9 Å². The molecule has 7 heteroatoms. The molecule has 0 saturated carbocycles. The number of rotatable bonds is 4. The molecule has 1 atom stereocenters. The van der Waals surface area contributed by atoms with E-state index in [-0.39, 0.29) is 11.8 Å². The second kappa shape index (κ2) is 8.15. The van der Waals surface area contributed by atoms with Crippen molar-refractivity contribution in [3.63, 3.8) is 0 Å². The van der Waals surface area contributed by atoms with E-state index >= 15 is 0 Å². The van der Waals surface area contributed by atoms with Crippen molar-refractivity contribution in [1.82, 2.24) is 15.2 Å². The third-order valence-corrected chi connectivity index (χ3v) is 5.62. The van der Waals surface area contributed by atoms with Gasteiger partial charge in [0.2, 0.25) is 5.91 Å². The third kappa shape index (κ3) is 4.70. The number of hydrogen-bond donors (Lipinski definition) is 2. The van der Waals surface area contributed by atoms with Crippen molar-refractivity contribution in [2.24, 2.45) is 22.1 Å². The molecule has 2 aliphatic heterocycles. The van der Waals surface area contributed by atoms with Crippen molar-refractivity contribution in [1.29, 1.82) is 0 Å². The molecular formula is C20H32N6O. The van der Waals surface area contributed by atoms with E-state index in [2.05, 4.69) is 45.0 Å². The number of carbonyl (C=O) groups excluding carboxylic acids is 1. The molecule has 1 amide bonds. The van der Waals surface area contributed by atoms with Crippen LogP contribution >= 0.6 is 0 Å². The van der Waals surface area contributed by atoms with Crippen LogP contribution in [0.1, 0.15) is 38.7 Å². The molecule has 3 rings (SSSR count). The number of pyridine rings is 1. The maximum atomic E-state index is 11.6. The van der Waals surface area contributed by atoms with E-state index in [1.807, 2.05) is 19.3 Å². The number of aliphatic imine (C=N–C) groups is 1. The van der Waals surface area contributed by atoms with Crippen LogP contribution in [0.25, 0.3) is 0 Å². The fraction of sp³-hybridized carbons (Fsp3) is 0.650. The summed E-state index contributed by atoms with van der Waals surface area (Å²) < 4.78 is 0. The molecule has 0 aliphatic carbocycles. The SMILES string of the molecule is CN=C(NCc1cccnc1N1CCCC(C(N)=O)C1)N1CCC(C)(C)C1. The molecule has 2 fully saturated rings. The first-order valence-electron chi connectivity index (χ1n) is 9.83. The topological polar surface area (TPSA) is 86.9 Å². The molecule has 1 aromatic rings. The first-order valence-corrected chi connectivity index (χ1v) is 9.83. The number of likely N-dealkylation sites (tertiary alicyclic amines) is 1. The van der Waals surface area contributed by atoms with Gasteiger partial charge in [0, 0.05) is 51.5 Å². The zero-order chi connectivity index (χ0) is 19.4. The third-order valence-electron chi connectivity index (χ3n) is 5.62. The predicted octanol–water partition coefficient (Wildman–Crippen LogP) is 1.59. The summed E-state index contributed by atoms with van der Waals surface area (Å²) in [6.45, 7) is 8.84. The van der Waals surface area contributed by atoms with Crippen LogP contribution in [0, 0.1) is 11.3 Å². The van der Waals surface area contributed by atoms with Gasteiger partial charge in [0.15, 0.2) is 5.96 Å². The summed E-state index contributed by atoms with van der Waals surface area (Å²) >= 11 is 0. The molecule has 0 radical (unpaired) electrons. The van der Waals surface area contributed by atoms with E-state index in [1.54, 1.807) is 0 Å². The minimum Gasteiger partial charge on any atom is -0.369 e. The maximum Gasteiger partial charge on any atom is 0.222 e. The highest BCUT2D eigenvalue weighted by Gasteiger charge is 2.31. The lowest BCUT2D eigenvalue weighted by atomic mass is 9.93. The molecule has 0 aromatic carbocycles. The first kappa shape index (κ1) is 19.5.